The van der Waals surface area contributed by atoms with Crippen LogP contribution in [0.4, 0.5) is 0 Å². The van der Waals surface area contributed by atoms with E-state index in [9.17, 15) is 8.42 Å². The highest BCUT2D eigenvalue weighted by molar-refractivity contribution is 7.71. The van der Waals surface area contributed by atoms with E-state index in [1.807, 2.05) is 6.08 Å². The summed E-state index contributed by atoms with van der Waals surface area (Å²) in [6.45, 7) is 0. The fourth-order valence-corrected chi connectivity index (χ4v) is 2.07. The van der Waals surface area contributed by atoms with Gasteiger partial charge in [0.05, 0.1) is 5.37 Å². The van der Waals surface area contributed by atoms with Crippen molar-refractivity contribution in [2.45, 2.75) is 12.8 Å². The Morgan fingerprint density at radius 1 is 1.28 bits per heavy atom. The van der Waals surface area contributed by atoms with Crippen molar-refractivity contribution in [3.8, 4) is 5.75 Å². The minimum atomic E-state index is -2.25. The molecule has 2 N–H and O–H groups in total. The summed E-state index contributed by atoms with van der Waals surface area (Å²) < 4.78 is 27.1. The largest absolute Gasteiger partial charge is 0.457 e. The number of nitrogens with two attached hydrogens (primary N) is 1. The van der Waals surface area contributed by atoms with Gasteiger partial charge in [-0.25, -0.2) is 0 Å². The normalized spacial score (nSPS) is 14.4. The highest BCUT2D eigenvalue weighted by Gasteiger charge is 2.07. The molecule has 0 amide bonds. The fraction of sp³-hybridized carbons (Fsp3) is 0.154. The van der Waals surface area contributed by atoms with Gasteiger partial charge >= 0.3 is 0 Å². The SMILES string of the molecule is NC1=CC(Oc2ccccc2C=S(=O)=O)=CCC1. The second kappa shape index (κ2) is 5.55. The molecule has 18 heavy (non-hydrogen) atoms. The summed E-state index contributed by atoms with van der Waals surface area (Å²) in [5.41, 5.74) is 7.01. The van der Waals surface area contributed by atoms with Gasteiger partial charge in [-0.15, -0.1) is 0 Å². The maximum Gasteiger partial charge on any atom is 0.214 e. The molecule has 0 radical (unpaired) electrons. The zero-order chi connectivity index (χ0) is 13.0. The number of hydrogen-bond acceptors (Lipinski definition) is 4. The Morgan fingerprint density at radius 2 is 2.06 bits per heavy atom. The van der Waals surface area contributed by atoms with Gasteiger partial charge < -0.3 is 10.5 Å². The lowest BCUT2D eigenvalue weighted by atomic mass is 10.1. The zero-order valence-electron chi connectivity index (χ0n) is 9.67. The van der Waals surface area contributed by atoms with Gasteiger partial charge in [-0.05, 0) is 31.1 Å². The van der Waals surface area contributed by atoms with Crippen LogP contribution in [0, 0.1) is 0 Å². The third-order valence-electron chi connectivity index (χ3n) is 2.48. The predicted molar refractivity (Wildman–Crippen MR) is 70.7 cm³/mol. The van der Waals surface area contributed by atoms with Crippen molar-refractivity contribution in [2.24, 2.45) is 5.73 Å². The quantitative estimate of drug-likeness (QED) is 0.841. The van der Waals surface area contributed by atoms with E-state index in [2.05, 4.69) is 0 Å². The molecular weight excluding hydrogens is 250 g/mol. The van der Waals surface area contributed by atoms with Crippen molar-refractivity contribution in [3.63, 3.8) is 0 Å². The van der Waals surface area contributed by atoms with Crippen LogP contribution in [0.1, 0.15) is 18.4 Å². The number of allylic oxidation sites excluding steroid dienone is 3. The van der Waals surface area contributed by atoms with Gasteiger partial charge in [-0.3, -0.25) is 0 Å². The molecule has 1 aromatic rings. The predicted octanol–water partition coefficient (Wildman–Crippen LogP) is 1.62. The van der Waals surface area contributed by atoms with Crippen molar-refractivity contribution < 1.29 is 13.2 Å². The average Bonchev–Trinajstić information content (AvgIpc) is 2.31. The van der Waals surface area contributed by atoms with Gasteiger partial charge in [0.15, 0.2) is 0 Å². The summed E-state index contributed by atoms with van der Waals surface area (Å²) in [4.78, 5) is 0. The molecule has 0 atom stereocenters. The Labute approximate surface area is 107 Å². The highest BCUT2D eigenvalue weighted by Crippen LogP contribution is 2.22. The zero-order valence-corrected chi connectivity index (χ0v) is 10.5. The Kier molecular flexibility index (Phi) is 3.84. The van der Waals surface area contributed by atoms with Crippen LogP contribution in [0.15, 0.2) is 47.9 Å². The molecule has 0 heterocycles. The van der Waals surface area contributed by atoms with Gasteiger partial charge in [0.25, 0.3) is 0 Å². The third kappa shape index (κ3) is 3.24. The van der Waals surface area contributed by atoms with E-state index in [1.54, 1.807) is 30.3 Å². The van der Waals surface area contributed by atoms with E-state index in [0.717, 1.165) is 23.9 Å². The summed E-state index contributed by atoms with van der Waals surface area (Å²) in [5, 5.41) is 1.12. The molecule has 0 aromatic heterocycles. The number of benzene rings is 1. The molecule has 0 aliphatic heterocycles. The lowest BCUT2D eigenvalue weighted by molar-refractivity contribution is 0.437. The summed E-state index contributed by atoms with van der Waals surface area (Å²) in [5.74, 6) is 1.15. The van der Waals surface area contributed by atoms with Crippen LogP contribution in [-0.2, 0) is 10.3 Å². The maximum atomic E-state index is 10.7. The van der Waals surface area contributed by atoms with Crippen LogP contribution in [0.2, 0.25) is 0 Å². The minimum absolute atomic E-state index is 0.499. The number of ether oxygens (including phenoxy) is 1. The van der Waals surface area contributed by atoms with Crippen LogP contribution >= 0.6 is 0 Å². The van der Waals surface area contributed by atoms with Crippen LogP contribution in [0.25, 0.3) is 0 Å². The number of para-hydroxylation sites is 1. The molecule has 2 rings (SSSR count). The smallest absolute Gasteiger partial charge is 0.214 e. The maximum absolute atomic E-state index is 10.7. The molecule has 0 fully saturated rings. The van der Waals surface area contributed by atoms with E-state index in [1.165, 1.54) is 0 Å². The fourth-order valence-electron chi connectivity index (χ4n) is 1.67. The Hall–Kier alpha value is -2.01. The third-order valence-corrected chi connectivity index (χ3v) is 2.92. The summed E-state index contributed by atoms with van der Waals surface area (Å²) in [7, 11) is -2.25. The number of rotatable bonds is 3. The molecule has 1 aliphatic carbocycles. The molecule has 94 valence electrons. The Morgan fingerprint density at radius 3 is 2.78 bits per heavy atom. The van der Waals surface area contributed by atoms with E-state index in [-0.39, 0.29) is 0 Å². The molecule has 0 saturated heterocycles. The molecular formula is C13H13NO3S. The van der Waals surface area contributed by atoms with Gasteiger partial charge in [-0.1, -0.05) is 18.2 Å². The van der Waals surface area contributed by atoms with Crippen molar-refractivity contribution in [1.82, 2.24) is 0 Å². The molecule has 0 saturated carbocycles. The highest BCUT2D eigenvalue weighted by atomic mass is 32.2. The topological polar surface area (TPSA) is 69.4 Å². The lowest BCUT2D eigenvalue weighted by Crippen LogP contribution is -2.05. The molecule has 0 unspecified atom stereocenters. The number of hydrogen-bond donors (Lipinski definition) is 1. The molecule has 0 bridgehead atoms. The van der Waals surface area contributed by atoms with E-state index in [4.69, 9.17) is 10.5 Å². The second-order valence-electron chi connectivity index (χ2n) is 3.88. The first-order valence-corrected chi connectivity index (χ1v) is 6.65. The first-order chi connectivity index (χ1) is 8.65. The van der Waals surface area contributed by atoms with Crippen molar-refractivity contribution in [3.05, 3.63) is 53.4 Å². The van der Waals surface area contributed by atoms with Gasteiger partial charge in [-0.2, -0.15) is 8.42 Å². The summed E-state index contributed by atoms with van der Waals surface area (Å²) in [6, 6.07) is 6.95. The Bertz CT molecular complexity index is 634. The van der Waals surface area contributed by atoms with E-state index >= 15 is 0 Å². The monoisotopic (exact) mass is 263 g/mol. The van der Waals surface area contributed by atoms with Crippen molar-refractivity contribution >= 4 is 15.7 Å². The van der Waals surface area contributed by atoms with Crippen LogP contribution in [0.3, 0.4) is 0 Å². The second-order valence-corrected chi connectivity index (χ2v) is 4.64. The van der Waals surface area contributed by atoms with Crippen molar-refractivity contribution in [1.29, 1.82) is 0 Å². The molecule has 1 aromatic carbocycles. The van der Waals surface area contributed by atoms with E-state index in [0.29, 0.717) is 17.1 Å². The van der Waals surface area contributed by atoms with E-state index < -0.39 is 10.3 Å². The summed E-state index contributed by atoms with van der Waals surface area (Å²) >= 11 is 0. The molecule has 4 nitrogen and oxygen atoms in total. The standard InChI is InChI=1S/C13H13NO3S/c14-11-5-3-6-12(8-11)17-13-7-2-1-4-10(13)9-18(15)16/h1-2,4,6-9H,3,5,14H2. The van der Waals surface area contributed by atoms with Crippen LogP contribution < -0.4 is 10.5 Å². The minimum Gasteiger partial charge on any atom is -0.457 e. The van der Waals surface area contributed by atoms with Crippen LogP contribution in [0.5, 0.6) is 5.75 Å². The molecule has 5 heteroatoms. The summed E-state index contributed by atoms with van der Waals surface area (Å²) in [6.07, 6.45) is 5.35. The lowest BCUT2D eigenvalue weighted by Gasteiger charge is -2.13. The van der Waals surface area contributed by atoms with Crippen molar-refractivity contribution in [2.75, 3.05) is 0 Å². The van der Waals surface area contributed by atoms with Gasteiger partial charge in [0.2, 0.25) is 10.3 Å². The first-order valence-electron chi connectivity index (χ1n) is 5.51. The Balaban J connectivity index is 2.30. The first kappa shape index (κ1) is 12.4. The van der Waals surface area contributed by atoms with Gasteiger partial charge in [0.1, 0.15) is 11.5 Å². The average molecular weight is 263 g/mol. The molecule has 0 spiro atoms. The van der Waals surface area contributed by atoms with Gasteiger partial charge in [0, 0.05) is 11.3 Å². The van der Waals surface area contributed by atoms with Crippen LogP contribution in [-0.4, -0.2) is 13.8 Å². The molecule has 1 aliphatic rings.